The number of aliphatic hydroxyl groups is 1. The molecule has 25 heavy (non-hydrogen) atoms. The largest absolute Gasteiger partial charge is 0.495 e. The van der Waals surface area contributed by atoms with E-state index in [9.17, 15) is 13.5 Å². The molecule has 2 aromatic rings. The summed E-state index contributed by atoms with van der Waals surface area (Å²) in [5.41, 5.74) is 3.02. The smallest absolute Gasteiger partial charge is 0.244 e. The van der Waals surface area contributed by atoms with Crippen LogP contribution in [0.3, 0.4) is 0 Å². The van der Waals surface area contributed by atoms with Gasteiger partial charge in [0.1, 0.15) is 10.6 Å². The van der Waals surface area contributed by atoms with Crippen LogP contribution in [0.2, 0.25) is 0 Å². The number of benzene rings is 1. The van der Waals surface area contributed by atoms with Crippen molar-refractivity contribution in [1.82, 2.24) is 4.72 Å². The highest BCUT2D eigenvalue weighted by Gasteiger charge is 2.21. The Hall–Kier alpha value is -1.41. The summed E-state index contributed by atoms with van der Waals surface area (Å²) in [6.45, 7) is 4.18. The van der Waals surface area contributed by atoms with Crippen molar-refractivity contribution in [2.24, 2.45) is 0 Å². The Bertz CT molecular complexity index is 786. The summed E-state index contributed by atoms with van der Waals surface area (Å²) in [6.07, 6.45) is 1.25. The number of hydrogen-bond acceptors (Lipinski definition) is 5. The SMILES string of the molecule is COc1cc(C)c(C)cc1S(=O)(=O)NCC[C@@H](CCO)c1ccsc1. The van der Waals surface area contributed by atoms with Crippen molar-refractivity contribution in [3.63, 3.8) is 0 Å². The number of aliphatic hydroxyl groups excluding tert-OH is 1. The fourth-order valence-electron chi connectivity index (χ4n) is 2.72. The lowest BCUT2D eigenvalue weighted by Crippen LogP contribution is -2.26. The lowest BCUT2D eigenvalue weighted by Gasteiger charge is -2.16. The van der Waals surface area contributed by atoms with E-state index in [4.69, 9.17) is 4.74 Å². The van der Waals surface area contributed by atoms with Crippen molar-refractivity contribution < 1.29 is 18.3 Å². The zero-order valence-electron chi connectivity index (χ0n) is 14.8. The van der Waals surface area contributed by atoms with Gasteiger partial charge in [-0.25, -0.2) is 13.1 Å². The molecule has 138 valence electrons. The average molecular weight is 384 g/mol. The van der Waals surface area contributed by atoms with Crippen molar-refractivity contribution in [2.45, 2.75) is 37.5 Å². The summed E-state index contributed by atoms with van der Waals surface area (Å²) in [5.74, 6) is 0.487. The fraction of sp³-hybridized carbons (Fsp3) is 0.444. The molecule has 0 saturated carbocycles. The van der Waals surface area contributed by atoms with E-state index in [0.717, 1.165) is 16.7 Å². The molecule has 0 fully saturated rings. The second-order valence-electron chi connectivity index (χ2n) is 6.04. The third kappa shape index (κ3) is 5.04. The topological polar surface area (TPSA) is 75.6 Å². The molecule has 1 aromatic heterocycles. The first-order valence-electron chi connectivity index (χ1n) is 8.17. The first-order chi connectivity index (χ1) is 11.9. The first-order valence-corrected chi connectivity index (χ1v) is 10.6. The van der Waals surface area contributed by atoms with E-state index in [-0.39, 0.29) is 17.4 Å². The van der Waals surface area contributed by atoms with Crippen molar-refractivity contribution >= 4 is 21.4 Å². The lowest BCUT2D eigenvalue weighted by atomic mass is 9.95. The molecule has 0 aliphatic heterocycles. The van der Waals surface area contributed by atoms with Crippen LogP contribution in [0.4, 0.5) is 0 Å². The molecule has 1 atom stereocenters. The molecule has 0 unspecified atom stereocenters. The molecule has 1 aromatic carbocycles. The van der Waals surface area contributed by atoms with Crippen LogP contribution in [-0.2, 0) is 10.0 Å². The molecule has 0 aliphatic carbocycles. The molecule has 0 aliphatic rings. The van der Waals surface area contributed by atoms with E-state index in [1.54, 1.807) is 23.5 Å². The Morgan fingerprint density at radius 3 is 2.56 bits per heavy atom. The number of rotatable bonds is 9. The minimum atomic E-state index is -3.66. The van der Waals surface area contributed by atoms with E-state index < -0.39 is 10.0 Å². The van der Waals surface area contributed by atoms with E-state index in [0.29, 0.717) is 25.1 Å². The molecule has 0 spiro atoms. The number of ether oxygens (including phenoxy) is 1. The quantitative estimate of drug-likeness (QED) is 0.697. The van der Waals surface area contributed by atoms with Crippen molar-refractivity contribution in [3.8, 4) is 5.75 Å². The van der Waals surface area contributed by atoms with E-state index in [2.05, 4.69) is 4.72 Å². The molecular formula is C18H25NO4S2. The van der Waals surface area contributed by atoms with Gasteiger partial charge in [-0.3, -0.25) is 0 Å². The van der Waals surface area contributed by atoms with Gasteiger partial charge in [0.2, 0.25) is 10.0 Å². The Morgan fingerprint density at radius 2 is 1.96 bits per heavy atom. The summed E-state index contributed by atoms with van der Waals surface area (Å²) in [6, 6.07) is 5.40. The molecule has 2 N–H and O–H groups in total. The van der Waals surface area contributed by atoms with Crippen LogP contribution in [0.15, 0.2) is 33.9 Å². The maximum Gasteiger partial charge on any atom is 0.244 e. The number of aryl methyl sites for hydroxylation is 2. The van der Waals surface area contributed by atoms with E-state index in [1.807, 2.05) is 30.7 Å². The van der Waals surface area contributed by atoms with E-state index in [1.165, 1.54) is 7.11 Å². The second kappa shape index (κ2) is 8.80. The average Bonchev–Trinajstić information content (AvgIpc) is 3.10. The molecule has 2 rings (SSSR count). The van der Waals surface area contributed by atoms with Gasteiger partial charge in [0.15, 0.2) is 0 Å². The lowest BCUT2D eigenvalue weighted by molar-refractivity contribution is 0.273. The minimum Gasteiger partial charge on any atom is -0.495 e. The second-order valence-corrected chi connectivity index (χ2v) is 8.56. The van der Waals surface area contributed by atoms with Gasteiger partial charge < -0.3 is 9.84 Å². The summed E-state index contributed by atoms with van der Waals surface area (Å²) in [4.78, 5) is 0.160. The van der Waals surface area contributed by atoms with Crippen molar-refractivity contribution in [2.75, 3.05) is 20.3 Å². The van der Waals surface area contributed by atoms with Gasteiger partial charge in [0.25, 0.3) is 0 Å². The van der Waals surface area contributed by atoms with Gasteiger partial charge in [-0.15, -0.1) is 0 Å². The van der Waals surface area contributed by atoms with Gasteiger partial charge >= 0.3 is 0 Å². The predicted molar refractivity (Wildman–Crippen MR) is 101 cm³/mol. The molecule has 0 radical (unpaired) electrons. The highest BCUT2D eigenvalue weighted by molar-refractivity contribution is 7.89. The minimum absolute atomic E-state index is 0.0816. The third-order valence-corrected chi connectivity index (χ3v) is 6.53. The van der Waals surface area contributed by atoms with Crippen molar-refractivity contribution in [3.05, 3.63) is 45.6 Å². The highest BCUT2D eigenvalue weighted by atomic mass is 32.2. The number of hydrogen-bond donors (Lipinski definition) is 2. The zero-order chi connectivity index (χ0) is 18.4. The molecule has 1 heterocycles. The van der Waals surface area contributed by atoms with Crippen LogP contribution < -0.4 is 9.46 Å². The van der Waals surface area contributed by atoms with Gasteiger partial charge in [0, 0.05) is 13.2 Å². The maximum atomic E-state index is 12.7. The Kier molecular flexibility index (Phi) is 7.01. The summed E-state index contributed by atoms with van der Waals surface area (Å²) >= 11 is 1.60. The first kappa shape index (κ1) is 19.9. The Labute approximate surface area is 153 Å². The predicted octanol–water partition coefficient (Wildman–Crippen LogP) is 3.21. The third-order valence-electron chi connectivity index (χ3n) is 4.35. The van der Waals surface area contributed by atoms with Crippen LogP contribution in [0.5, 0.6) is 5.75 Å². The number of sulfonamides is 1. The normalized spacial score (nSPS) is 13.0. The molecule has 0 saturated heterocycles. The van der Waals surface area contributed by atoms with Crippen molar-refractivity contribution in [1.29, 1.82) is 0 Å². The highest BCUT2D eigenvalue weighted by Crippen LogP contribution is 2.28. The number of methoxy groups -OCH3 is 1. The van der Waals surface area contributed by atoms with Gasteiger partial charge in [-0.05, 0) is 78.3 Å². The van der Waals surface area contributed by atoms with E-state index >= 15 is 0 Å². The zero-order valence-corrected chi connectivity index (χ0v) is 16.4. The number of nitrogens with one attached hydrogen (secondary N) is 1. The number of thiophene rings is 1. The monoisotopic (exact) mass is 383 g/mol. The molecule has 0 bridgehead atoms. The summed E-state index contributed by atoms with van der Waals surface area (Å²) in [7, 11) is -2.19. The Morgan fingerprint density at radius 1 is 1.24 bits per heavy atom. The van der Waals surface area contributed by atoms with Crippen LogP contribution in [-0.4, -0.2) is 33.8 Å². The molecule has 5 nitrogen and oxygen atoms in total. The summed E-state index contributed by atoms with van der Waals surface area (Å²) < 4.78 is 33.2. The van der Waals surface area contributed by atoms with Crippen LogP contribution >= 0.6 is 11.3 Å². The molecule has 0 amide bonds. The van der Waals surface area contributed by atoms with Crippen LogP contribution in [0.1, 0.15) is 35.4 Å². The Balaban J connectivity index is 2.10. The fourth-order valence-corrected chi connectivity index (χ4v) is 4.74. The van der Waals surface area contributed by atoms with Gasteiger partial charge in [-0.1, -0.05) is 0 Å². The van der Waals surface area contributed by atoms with Crippen LogP contribution in [0.25, 0.3) is 0 Å². The maximum absolute atomic E-state index is 12.7. The van der Waals surface area contributed by atoms with Gasteiger partial charge in [-0.2, -0.15) is 11.3 Å². The molecule has 7 heteroatoms. The van der Waals surface area contributed by atoms with Gasteiger partial charge in [0.05, 0.1) is 7.11 Å². The molecular weight excluding hydrogens is 358 g/mol. The summed E-state index contributed by atoms with van der Waals surface area (Å²) in [5, 5.41) is 13.3. The van der Waals surface area contributed by atoms with Crippen LogP contribution in [0, 0.1) is 13.8 Å². The standard InChI is InChI=1S/C18H25NO4S2/c1-13-10-17(23-3)18(11-14(13)2)25(21,22)19-7-4-15(5-8-20)16-6-9-24-12-16/h6,9-12,15,19-20H,4-5,7-8H2,1-3H3/t15-/m0/s1.